The zero-order valence-corrected chi connectivity index (χ0v) is 40.8. The van der Waals surface area contributed by atoms with Crippen molar-refractivity contribution in [2.75, 3.05) is 26.7 Å². The number of unbranched alkanes of at least 4 members (excludes halogenated alkanes) is 17. The van der Waals surface area contributed by atoms with Gasteiger partial charge in [-0.1, -0.05) is 141 Å². The van der Waals surface area contributed by atoms with Crippen LogP contribution < -0.4 is 0 Å². The van der Waals surface area contributed by atoms with E-state index in [1.807, 2.05) is 6.92 Å². The second kappa shape index (κ2) is 35.9. The molecule has 61 heavy (non-hydrogen) atoms. The Labute approximate surface area is 376 Å². The molecule has 0 amide bonds. The highest BCUT2D eigenvalue weighted by Gasteiger charge is 2.57. The van der Waals surface area contributed by atoms with Crippen LogP contribution in [-0.4, -0.2) is 66.7 Å². The third kappa shape index (κ3) is 28.7. The highest BCUT2D eigenvalue weighted by atomic mass is 16.6. The monoisotopic (exact) mass is 854 g/mol. The van der Waals surface area contributed by atoms with Crippen LogP contribution in [0.5, 0.6) is 0 Å². The first-order valence-corrected chi connectivity index (χ1v) is 25.3. The molecular weight excluding hydrogens is 759 g/mol. The summed E-state index contributed by atoms with van der Waals surface area (Å²) < 4.78 is 18.3. The first-order chi connectivity index (χ1) is 29.5. The summed E-state index contributed by atoms with van der Waals surface area (Å²) in [5.74, 6) is 0.0224. The average molecular weight is 854 g/mol. The molecular formula is C54H95NO6. The predicted octanol–water partition coefficient (Wildman–Crippen LogP) is 14.7. The van der Waals surface area contributed by atoms with Crippen molar-refractivity contribution in [1.82, 2.24) is 4.90 Å². The normalized spacial score (nSPS) is 22.7. The van der Waals surface area contributed by atoms with Crippen molar-refractivity contribution in [1.29, 1.82) is 0 Å². The molecule has 2 rings (SSSR count). The summed E-state index contributed by atoms with van der Waals surface area (Å²) >= 11 is 0. The molecule has 0 N–H and O–H groups in total. The number of carbonyl (C=O) groups excluding carboxylic acids is 3. The summed E-state index contributed by atoms with van der Waals surface area (Å²) in [6.45, 7) is 14.7. The fourth-order valence-corrected chi connectivity index (χ4v) is 9.44. The van der Waals surface area contributed by atoms with Gasteiger partial charge in [0, 0.05) is 32.8 Å². The first-order valence-electron chi connectivity index (χ1n) is 25.3. The van der Waals surface area contributed by atoms with E-state index in [-0.39, 0.29) is 17.9 Å². The minimum absolute atomic E-state index is 0.0946. The fourth-order valence-electron chi connectivity index (χ4n) is 9.44. The molecule has 7 heteroatoms. The van der Waals surface area contributed by atoms with Gasteiger partial charge in [-0.3, -0.25) is 14.5 Å². The van der Waals surface area contributed by atoms with Gasteiger partial charge in [-0.2, -0.15) is 0 Å². The topological polar surface area (TPSA) is 82.1 Å². The van der Waals surface area contributed by atoms with Crippen LogP contribution in [0.3, 0.4) is 0 Å². The lowest BCUT2D eigenvalue weighted by molar-refractivity contribution is -0.216. The highest BCUT2D eigenvalue weighted by molar-refractivity contribution is 5.72. The Bertz CT molecular complexity index is 1240. The van der Waals surface area contributed by atoms with Crippen LogP contribution in [-0.2, 0) is 28.6 Å². The zero-order valence-electron chi connectivity index (χ0n) is 40.8. The summed E-state index contributed by atoms with van der Waals surface area (Å²) in [5, 5.41) is 0. The summed E-state index contributed by atoms with van der Waals surface area (Å²) in [4.78, 5) is 37.8. The van der Waals surface area contributed by atoms with Crippen LogP contribution in [0.25, 0.3) is 0 Å². The number of ether oxygens (including phenoxy) is 3. The molecule has 2 aliphatic rings. The zero-order chi connectivity index (χ0) is 44.9. The molecule has 2 bridgehead atoms. The van der Waals surface area contributed by atoms with Crippen molar-refractivity contribution in [2.45, 2.75) is 245 Å². The number of nitrogens with zero attached hydrogens (tertiary/aromatic N) is 1. The van der Waals surface area contributed by atoms with Gasteiger partial charge in [0.15, 0.2) is 0 Å². The van der Waals surface area contributed by atoms with Crippen molar-refractivity contribution in [2.24, 2.45) is 5.92 Å². The molecule has 0 radical (unpaired) electrons. The van der Waals surface area contributed by atoms with Crippen LogP contribution in [0.2, 0.25) is 0 Å². The lowest BCUT2D eigenvalue weighted by Gasteiger charge is -2.55. The number of methoxy groups -OCH3 is 1. The van der Waals surface area contributed by atoms with Crippen LogP contribution in [0.1, 0.15) is 228 Å². The van der Waals surface area contributed by atoms with Gasteiger partial charge in [0.25, 0.3) is 0 Å². The highest BCUT2D eigenvalue weighted by Crippen LogP contribution is 2.54. The molecule has 2 aliphatic carbocycles. The molecule has 2 saturated carbocycles. The molecule has 0 aromatic rings. The molecule has 4 atom stereocenters. The van der Waals surface area contributed by atoms with Crippen LogP contribution in [0, 0.1) is 5.92 Å². The van der Waals surface area contributed by atoms with E-state index in [1.54, 1.807) is 7.11 Å². The van der Waals surface area contributed by atoms with Crippen molar-refractivity contribution in [3.63, 3.8) is 0 Å². The summed E-state index contributed by atoms with van der Waals surface area (Å²) in [6, 6.07) is 0. The van der Waals surface area contributed by atoms with E-state index >= 15 is 0 Å². The maximum Gasteiger partial charge on any atom is 0.320 e. The SMILES string of the molecule is CCCCC/C=C\C/C=C\CCCCCCCC(=O)OC1(C)CC2CC(C)(OC(=O)CN(CC)CC)CC(OC)(C2)C1.CCCCC/C=C\C/C=C\CCCCCCCC=O. The second-order valence-corrected chi connectivity index (χ2v) is 18.7. The Kier molecular flexibility index (Phi) is 33.3. The van der Waals surface area contributed by atoms with Crippen LogP contribution in [0.15, 0.2) is 48.6 Å². The van der Waals surface area contributed by atoms with E-state index in [2.05, 4.69) is 88.1 Å². The smallest absolute Gasteiger partial charge is 0.320 e. The molecule has 2 fully saturated rings. The third-order valence-corrected chi connectivity index (χ3v) is 12.5. The van der Waals surface area contributed by atoms with Gasteiger partial charge in [-0.25, -0.2) is 0 Å². The lowest BCUT2D eigenvalue weighted by Crippen LogP contribution is -2.59. The van der Waals surface area contributed by atoms with E-state index in [0.717, 1.165) is 90.0 Å². The van der Waals surface area contributed by atoms with Gasteiger partial charge in [0.2, 0.25) is 0 Å². The molecule has 0 aliphatic heterocycles. The summed E-state index contributed by atoms with van der Waals surface area (Å²) in [6.07, 6.45) is 50.9. The van der Waals surface area contributed by atoms with E-state index in [0.29, 0.717) is 25.8 Å². The van der Waals surface area contributed by atoms with E-state index < -0.39 is 16.8 Å². The first kappa shape index (κ1) is 56.5. The largest absolute Gasteiger partial charge is 0.459 e. The molecule has 0 heterocycles. The van der Waals surface area contributed by atoms with Crippen LogP contribution in [0.4, 0.5) is 0 Å². The quantitative estimate of drug-likeness (QED) is 0.0272. The average Bonchev–Trinajstić information content (AvgIpc) is 3.22. The van der Waals surface area contributed by atoms with Gasteiger partial charge in [-0.05, 0) is 129 Å². The molecule has 0 spiro atoms. The van der Waals surface area contributed by atoms with Crippen molar-refractivity contribution >= 4 is 18.2 Å². The fraction of sp³-hybridized carbons (Fsp3) is 0.796. The van der Waals surface area contributed by atoms with Crippen molar-refractivity contribution in [3.8, 4) is 0 Å². The van der Waals surface area contributed by atoms with Gasteiger partial charge in [0.05, 0.1) is 12.1 Å². The Morgan fingerprint density at radius 2 is 0.951 bits per heavy atom. The molecule has 0 aromatic heterocycles. The Morgan fingerprint density at radius 1 is 0.541 bits per heavy atom. The number of fused-ring (bicyclic) bond motifs is 2. The van der Waals surface area contributed by atoms with E-state index in [1.165, 1.54) is 96.3 Å². The number of allylic oxidation sites excluding steroid dienone is 8. The van der Waals surface area contributed by atoms with Gasteiger partial charge in [0.1, 0.15) is 17.5 Å². The number of rotatable bonds is 35. The van der Waals surface area contributed by atoms with Gasteiger partial charge < -0.3 is 19.0 Å². The Morgan fingerprint density at radius 3 is 1.38 bits per heavy atom. The number of hydrogen-bond acceptors (Lipinski definition) is 7. The minimum atomic E-state index is -0.560. The number of hydrogen-bond donors (Lipinski definition) is 0. The Balaban J connectivity index is 0.000000821. The number of carbonyl (C=O) groups is 3. The van der Waals surface area contributed by atoms with Gasteiger partial charge in [-0.15, -0.1) is 0 Å². The molecule has 352 valence electrons. The van der Waals surface area contributed by atoms with Crippen LogP contribution >= 0.6 is 0 Å². The summed E-state index contributed by atoms with van der Waals surface area (Å²) in [7, 11) is 1.75. The molecule has 4 unspecified atom stereocenters. The van der Waals surface area contributed by atoms with Gasteiger partial charge >= 0.3 is 11.9 Å². The molecule has 0 saturated heterocycles. The second-order valence-electron chi connectivity index (χ2n) is 18.7. The predicted molar refractivity (Wildman–Crippen MR) is 258 cm³/mol. The standard InChI is InChI=1S/C36H63NO5.C18H32O/c1-7-10-11-12-13-14-15-16-17-18-19-20-21-22-23-24-32(38)41-34(4)25-31-26-35(5,30-36(27-31,29-34)40-6)42-33(39)28-37(8-2)9-3;1-2-3-4-5-6-7-8-9-10-11-12-13-14-15-16-17-18-19/h13-14,16-17,31H,7-12,15,18-30H2,1-6H3;6-7,9-10,18H,2-5,8,11-17H2,1H3/b14-13-,17-16-;7-6-,10-9-. The number of esters is 2. The maximum absolute atomic E-state index is 12.8. The Hall–Kier alpha value is -2.51. The summed E-state index contributed by atoms with van der Waals surface area (Å²) in [5.41, 5.74) is -1.55. The molecule has 7 nitrogen and oxygen atoms in total. The maximum atomic E-state index is 12.8. The van der Waals surface area contributed by atoms with E-state index in [4.69, 9.17) is 14.2 Å². The minimum Gasteiger partial charge on any atom is -0.459 e. The van der Waals surface area contributed by atoms with Crippen molar-refractivity contribution < 1.29 is 28.6 Å². The van der Waals surface area contributed by atoms with Crippen molar-refractivity contribution in [3.05, 3.63) is 48.6 Å². The number of aldehydes is 1. The third-order valence-electron chi connectivity index (χ3n) is 12.5. The number of likely N-dealkylation sites (N-methyl/N-ethyl adjacent to an activating group) is 1. The molecule has 0 aromatic carbocycles. The lowest BCUT2D eigenvalue weighted by atomic mass is 9.59. The van der Waals surface area contributed by atoms with E-state index in [9.17, 15) is 14.4 Å².